The van der Waals surface area contributed by atoms with Gasteiger partial charge in [-0.05, 0) is 53.5 Å². The lowest BCUT2D eigenvalue weighted by Gasteiger charge is -2.23. The molecule has 0 aliphatic heterocycles. The molecule has 0 bridgehead atoms. The monoisotopic (exact) mass is 675 g/mol. The van der Waals surface area contributed by atoms with Gasteiger partial charge < -0.3 is 15.2 Å². The highest BCUT2D eigenvalue weighted by atomic mass is 19.4. The third kappa shape index (κ3) is 6.24. The number of nitrogens with zero attached hydrogens (tertiary/aromatic N) is 7. The standard InChI is InChI=1S/C34H30F5N9O/c1-32(2,3)18-43-29-20(14-41)15-42-28-19(13-40)11-21(12-25(28)29)44-30(26-16-48(46-45-26)33(8-9-33)34(37,38)39)23-5-4-6-24-22(23)7-10-47(31(24)49)17-27(35)36/h4-7,10-12,15-16,27,30,44H,8-9,17-18H2,1-3H3,(H,42,43). The fourth-order valence-electron chi connectivity index (χ4n) is 5.84. The summed E-state index contributed by atoms with van der Waals surface area (Å²) in [4.78, 5) is 17.6. The highest BCUT2D eigenvalue weighted by molar-refractivity contribution is 5.99. The third-order valence-corrected chi connectivity index (χ3v) is 8.51. The number of halogens is 5. The molecule has 3 heterocycles. The summed E-state index contributed by atoms with van der Waals surface area (Å²) in [5.74, 6) is 0. The number of pyridine rings is 2. The van der Waals surface area contributed by atoms with Crippen molar-refractivity contribution in [1.82, 2.24) is 24.5 Å². The van der Waals surface area contributed by atoms with Gasteiger partial charge in [-0.1, -0.05) is 38.1 Å². The number of nitrogens with one attached hydrogen (secondary N) is 2. The Hall–Kier alpha value is -5.57. The summed E-state index contributed by atoms with van der Waals surface area (Å²) < 4.78 is 70.2. The zero-order valence-electron chi connectivity index (χ0n) is 26.6. The molecule has 6 rings (SSSR count). The maximum atomic E-state index is 14.1. The van der Waals surface area contributed by atoms with Crippen LogP contribution < -0.4 is 16.2 Å². The zero-order valence-corrected chi connectivity index (χ0v) is 26.6. The van der Waals surface area contributed by atoms with E-state index in [9.17, 15) is 37.3 Å². The van der Waals surface area contributed by atoms with Crippen LogP contribution in [0.25, 0.3) is 21.7 Å². The molecular formula is C34H30F5N9O. The van der Waals surface area contributed by atoms with Crippen molar-refractivity contribution < 1.29 is 22.0 Å². The number of aromatic nitrogens is 5. The Kier molecular flexibility index (Phi) is 8.26. The maximum absolute atomic E-state index is 14.1. The lowest BCUT2D eigenvalue weighted by molar-refractivity contribution is -0.182. The van der Waals surface area contributed by atoms with Crippen molar-refractivity contribution in [3.63, 3.8) is 0 Å². The summed E-state index contributed by atoms with van der Waals surface area (Å²) in [5, 5.41) is 35.5. The lowest BCUT2D eigenvalue weighted by atomic mass is 9.96. The Labute approximate surface area is 276 Å². The van der Waals surface area contributed by atoms with E-state index in [0.717, 1.165) is 9.25 Å². The summed E-state index contributed by atoms with van der Waals surface area (Å²) in [6.07, 6.45) is -3.84. The quantitative estimate of drug-likeness (QED) is 0.162. The number of rotatable bonds is 9. The molecule has 15 heteroatoms. The molecule has 5 aromatic rings. The van der Waals surface area contributed by atoms with E-state index in [1.165, 1.54) is 36.8 Å². The Balaban J connectivity index is 1.54. The van der Waals surface area contributed by atoms with Crippen molar-refractivity contribution in [1.29, 1.82) is 10.5 Å². The minimum atomic E-state index is -4.57. The van der Waals surface area contributed by atoms with E-state index in [1.807, 2.05) is 20.8 Å². The van der Waals surface area contributed by atoms with Crippen molar-refractivity contribution in [2.45, 2.75) is 64.3 Å². The Morgan fingerprint density at radius 2 is 1.76 bits per heavy atom. The van der Waals surface area contributed by atoms with Crippen molar-refractivity contribution in [2.75, 3.05) is 17.2 Å². The van der Waals surface area contributed by atoms with E-state index in [4.69, 9.17) is 0 Å². The highest BCUT2D eigenvalue weighted by Gasteiger charge is 2.66. The highest BCUT2D eigenvalue weighted by Crippen LogP contribution is 2.55. The van der Waals surface area contributed by atoms with Gasteiger partial charge in [0, 0.05) is 35.4 Å². The predicted molar refractivity (Wildman–Crippen MR) is 172 cm³/mol. The number of anilines is 2. The second-order valence-corrected chi connectivity index (χ2v) is 13.3. The van der Waals surface area contributed by atoms with Crippen molar-refractivity contribution in [3.05, 3.63) is 87.7 Å². The normalized spacial score (nSPS) is 14.8. The number of hydrogen-bond acceptors (Lipinski definition) is 8. The van der Waals surface area contributed by atoms with E-state index < -0.39 is 36.3 Å². The first-order valence-corrected chi connectivity index (χ1v) is 15.3. The largest absolute Gasteiger partial charge is 0.413 e. The number of benzene rings is 2. The second-order valence-electron chi connectivity index (χ2n) is 13.3. The summed E-state index contributed by atoms with van der Waals surface area (Å²) in [5.41, 5.74) is -1.03. The molecule has 0 radical (unpaired) electrons. The van der Waals surface area contributed by atoms with Crippen LogP contribution in [0, 0.1) is 28.1 Å². The van der Waals surface area contributed by atoms with Gasteiger partial charge >= 0.3 is 6.18 Å². The van der Waals surface area contributed by atoms with Crippen LogP contribution in [0.1, 0.15) is 62.0 Å². The minimum absolute atomic E-state index is 0.0772. The molecule has 252 valence electrons. The van der Waals surface area contributed by atoms with Crippen molar-refractivity contribution >= 4 is 33.1 Å². The van der Waals surface area contributed by atoms with E-state index in [2.05, 4.69) is 38.1 Å². The fourth-order valence-corrected chi connectivity index (χ4v) is 5.84. The van der Waals surface area contributed by atoms with Crippen LogP contribution >= 0.6 is 0 Å². The third-order valence-electron chi connectivity index (χ3n) is 8.51. The van der Waals surface area contributed by atoms with Crippen LogP contribution in [0.15, 0.2) is 59.8 Å². The molecule has 1 aliphatic carbocycles. The van der Waals surface area contributed by atoms with E-state index in [-0.39, 0.29) is 40.5 Å². The zero-order chi connectivity index (χ0) is 35.3. The van der Waals surface area contributed by atoms with Crippen LogP contribution in [0.2, 0.25) is 0 Å². The van der Waals surface area contributed by atoms with Gasteiger partial charge in [0.05, 0.1) is 41.1 Å². The van der Waals surface area contributed by atoms with Crippen molar-refractivity contribution in [2.24, 2.45) is 5.41 Å². The first-order valence-electron chi connectivity index (χ1n) is 15.3. The van der Waals surface area contributed by atoms with Gasteiger partial charge in [-0.15, -0.1) is 5.10 Å². The summed E-state index contributed by atoms with van der Waals surface area (Å²) in [7, 11) is 0. The Bertz CT molecular complexity index is 2220. The Morgan fingerprint density at radius 1 is 1.02 bits per heavy atom. The molecule has 3 aromatic heterocycles. The second kappa shape index (κ2) is 12.1. The number of alkyl halides is 5. The molecule has 1 unspecified atom stereocenters. The average Bonchev–Trinajstić information content (AvgIpc) is 3.73. The molecular weight excluding hydrogens is 645 g/mol. The predicted octanol–water partition coefficient (Wildman–Crippen LogP) is 6.86. The van der Waals surface area contributed by atoms with Gasteiger partial charge in [-0.25, -0.2) is 13.5 Å². The minimum Gasteiger partial charge on any atom is -0.383 e. The molecule has 0 amide bonds. The summed E-state index contributed by atoms with van der Waals surface area (Å²) in [6.45, 7) is 5.70. The van der Waals surface area contributed by atoms with Crippen LogP contribution in [0.5, 0.6) is 0 Å². The SMILES string of the molecule is CC(C)(C)CNc1c(C#N)cnc2c(C#N)cc(NC(c3cn(C4(C(F)(F)F)CC4)nn3)c3cccc4c(=O)n(CC(F)F)ccc34)cc12. The summed E-state index contributed by atoms with van der Waals surface area (Å²) >= 11 is 0. The molecule has 2 aromatic carbocycles. The molecule has 1 atom stereocenters. The molecule has 1 aliphatic rings. The number of nitriles is 2. The van der Waals surface area contributed by atoms with E-state index in [0.29, 0.717) is 39.8 Å². The van der Waals surface area contributed by atoms with E-state index in [1.54, 1.807) is 18.2 Å². The smallest absolute Gasteiger partial charge is 0.383 e. The summed E-state index contributed by atoms with van der Waals surface area (Å²) in [6, 6.07) is 12.6. The lowest BCUT2D eigenvalue weighted by Crippen LogP contribution is -2.35. The van der Waals surface area contributed by atoms with Gasteiger partial charge in [0.1, 0.15) is 17.8 Å². The average molecular weight is 676 g/mol. The topological polar surface area (TPSA) is 137 Å². The maximum Gasteiger partial charge on any atom is 0.413 e. The van der Waals surface area contributed by atoms with Crippen molar-refractivity contribution in [3.8, 4) is 12.1 Å². The van der Waals surface area contributed by atoms with Crippen LogP contribution in [0.4, 0.5) is 33.3 Å². The van der Waals surface area contributed by atoms with Crippen LogP contribution in [-0.2, 0) is 12.1 Å². The van der Waals surface area contributed by atoms with Gasteiger partial charge in [0.2, 0.25) is 0 Å². The molecule has 1 saturated carbocycles. The first-order chi connectivity index (χ1) is 23.2. The Morgan fingerprint density at radius 3 is 2.39 bits per heavy atom. The van der Waals surface area contributed by atoms with Gasteiger partial charge in [-0.3, -0.25) is 9.78 Å². The molecule has 0 saturated heterocycles. The molecule has 10 nitrogen and oxygen atoms in total. The first kappa shape index (κ1) is 33.3. The van der Waals surface area contributed by atoms with E-state index >= 15 is 0 Å². The molecule has 1 fully saturated rings. The van der Waals surface area contributed by atoms with Gasteiger partial charge in [0.15, 0.2) is 5.54 Å². The molecule has 0 spiro atoms. The van der Waals surface area contributed by atoms with Gasteiger partial charge in [-0.2, -0.15) is 23.7 Å². The van der Waals surface area contributed by atoms with Gasteiger partial charge in [0.25, 0.3) is 12.0 Å². The molecule has 2 N–H and O–H groups in total. The van der Waals surface area contributed by atoms with Crippen LogP contribution in [-0.4, -0.2) is 43.7 Å². The molecule has 49 heavy (non-hydrogen) atoms. The number of hydrogen-bond donors (Lipinski definition) is 2. The fraction of sp³-hybridized carbons (Fsp3) is 0.353. The number of fused-ring (bicyclic) bond motifs is 2. The van der Waals surface area contributed by atoms with Crippen LogP contribution in [0.3, 0.4) is 0 Å².